The standard InChI is InChI=1S/C18H25NO5/c1-4-24-17(20)7-8-19(12-13-5-6-13)18(21)14-9-15(22-2)11-16(10-14)23-3/h9-11,13H,4-8,12H2,1-3H3. The minimum absolute atomic E-state index is 0.122. The summed E-state index contributed by atoms with van der Waals surface area (Å²) >= 11 is 0. The van der Waals surface area contributed by atoms with Crippen molar-refractivity contribution in [1.82, 2.24) is 4.90 Å². The summed E-state index contributed by atoms with van der Waals surface area (Å²) < 4.78 is 15.4. The third-order valence-electron chi connectivity index (χ3n) is 3.95. The number of rotatable bonds is 9. The van der Waals surface area contributed by atoms with Crippen molar-refractivity contribution < 1.29 is 23.8 Å². The van der Waals surface area contributed by atoms with Crippen LogP contribution in [0.3, 0.4) is 0 Å². The van der Waals surface area contributed by atoms with Crippen LogP contribution in [0.5, 0.6) is 11.5 Å². The van der Waals surface area contributed by atoms with Gasteiger partial charge in [-0.2, -0.15) is 0 Å². The van der Waals surface area contributed by atoms with E-state index in [4.69, 9.17) is 14.2 Å². The van der Waals surface area contributed by atoms with Gasteiger partial charge in [0.05, 0.1) is 27.2 Å². The Morgan fingerprint density at radius 2 is 1.75 bits per heavy atom. The first-order chi connectivity index (χ1) is 11.6. The number of methoxy groups -OCH3 is 2. The molecule has 24 heavy (non-hydrogen) atoms. The van der Waals surface area contributed by atoms with Crippen LogP contribution in [0.25, 0.3) is 0 Å². The molecule has 0 saturated heterocycles. The minimum Gasteiger partial charge on any atom is -0.497 e. The average Bonchev–Trinajstić information content (AvgIpc) is 3.41. The van der Waals surface area contributed by atoms with Crippen LogP contribution in [0.1, 0.15) is 36.5 Å². The highest BCUT2D eigenvalue weighted by Crippen LogP contribution is 2.31. The Morgan fingerprint density at radius 3 is 2.25 bits per heavy atom. The summed E-state index contributed by atoms with van der Waals surface area (Å²) in [6.07, 6.45) is 2.46. The fraction of sp³-hybridized carbons (Fsp3) is 0.556. The molecule has 1 aliphatic rings. The van der Waals surface area contributed by atoms with Crippen molar-refractivity contribution in [3.8, 4) is 11.5 Å². The molecule has 0 N–H and O–H groups in total. The molecule has 0 heterocycles. The van der Waals surface area contributed by atoms with Gasteiger partial charge in [-0.05, 0) is 37.8 Å². The quantitative estimate of drug-likeness (QED) is 0.649. The second-order valence-corrected chi connectivity index (χ2v) is 5.85. The normalized spacial score (nSPS) is 13.3. The maximum atomic E-state index is 12.9. The number of carbonyl (C=O) groups excluding carboxylic acids is 2. The lowest BCUT2D eigenvalue weighted by Gasteiger charge is -2.23. The second kappa shape index (κ2) is 8.57. The molecule has 1 aliphatic carbocycles. The van der Waals surface area contributed by atoms with Gasteiger partial charge in [-0.15, -0.1) is 0 Å². The van der Waals surface area contributed by atoms with Gasteiger partial charge < -0.3 is 19.1 Å². The number of benzene rings is 1. The predicted octanol–water partition coefficient (Wildman–Crippen LogP) is 2.51. The van der Waals surface area contributed by atoms with Crippen LogP contribution in [0, 0.1) is 5.92 Å². The zero-order chi connectivity index (χ0) is 17.5. The summed E-state index contributed by atoms with van der Waals surface area (Å²) in [5, 5.41) is 0. The monoisotopic (exact) mass is 335 g/mol. The summed E-state index contributed by atoms with van der Waals surface area (Å²) in [4.78, 5) is 26.2. The van der Waals surface area contributed by atoms with E-state index in [9.17, 15) is 9.59 Å². The molecule has 0 aromatic heterocycles. The molecule has 1 aromatic carbocycles. The Hall–Kier alpha value is -2.24. The topological polar surface area (TPSA) is 65.1 Å². The largest absolute Gasteiger partial charge is 0.497 e. The van der Waals surface area contributed by atoms with E-state index in [2.05, 4.69) is 0 Å². The molecule has 1 fully saturated rings. The molecule has 1 amide bonds. The van der Waals surface area contributed by atoms with Crippen molar-refractivity contribution >= 4 is 11.9 Å². The van der Waals surface area contributed by atoms with Gasteiger partial charge in [-0.25, -0.2) is 0 Å². The van der Waals surface area contributed by atoms with E-state index < -0.39 is 0 Å². The predicted molar refractivity (Wildman–Crippen MR) is 89.4 cm³/mol. The van der Waals surface area contributed by atoms with Gasteiger partial charge in [0, 0.05) is 24.7 Å². The lowest BCUT2D eigenvalue weighted by atomic mass is 10.1. The van der Waals surface area contributed by atoms with Crippen LogP contribution >= 0.6 is 0 Å². The molecule has 0 aliphatic heterocycles. The first kappa shape index (κ1) is 18.1. The number of amides is 1. The molecule has 132 valence electrons. The maximum Gasteiger partial charge on any atom is 0.307 e. The Bertz CT molecular complexity index is 561. The highest BCUT2D eigenvalue weighted by molar-refractivity contribution is 5.95. The molecule has 0 atom stereocenters. The summed E-state index contributed by atoms with van der Waals surface area (Å²) in [5.41, 5.74) is 0.496. The molecule has 6 heteroatoms. The van der Waals surface area contributed by atoms with Gasteiger partial charge in [-0.1, -0.05) is 0 Å². The number of nitrogens with zero attached hydrogens (tertiary/aromatic N) is 1. The van der Waals surface area contributed by atoms with Crippen molar-refractivity contribution in [2.75, 3.05) is 33.9 Å². The van der Waals surface area contributed by atoms with Crippen LogP contribution < -0.4 is 9.47 Å². The number of hydrogen-bond acceptors (Lipinski definition) is 5. The van der Waals surface area contributed by atoms with Gasteiger partial charge in [0.2, 0.25) is 0 Å². The third kappa shape index (κ3) is 5.15. The van der Waals surface area contributed by atoms with Crippen LogP contribution in [-0.2, 0) is 9.53 Å². The molecule has 0 spiro atoms. The molecule has 0 unspecified atom stereocenters. The lowest BCUT2D eigenvalue weighted by molar-refractivity contribution is -0.143. The smallest absolute Gasteiger partial charge is 0.307 e. The molecule has 2 rings (SSSR count). The van der Waals surface area contributed by atoms with E-state index >= 15 is 0 Å². The molecular formula is C18H25NO5. The number of hydrogen-bond donors (Lipinski definition) is 0. The SMILES string of the molecule is CCOC(=O)CCN(CC1CC1)C(=O)c1cc(OC)cc(OC)c1. The highest BCUT2D eigenvalue weighted by atomic mass is 16.5. The van der Waals surface area contributed by atoms with E-state index in [1.807, 2.05) is 0 Å². The third-order valence-corrected chi connectivity index (χ3v) is 3.95. The van der Waals surface area contributed by atoms with E-state index in [1.54, 1.807) is 44.2 Å². The molecule has 0 bridgehead atoms. The fourth-order valence-corrected chi connectivity index (χ4v) is 2.46. The zero-order valence-electron chi connectivity index (χ0n) is 14.5. The number of carbonyl (C=O) groups is 2. The van der Waals surface area contributed by atoms with Crippen LogP contribution in [0.2, 0.25) is 0 Å². The number of ether oxygens (including phenoxy) is 3. The van der Waals surface area contributed by atoms with Crippen molar-refractivity contribution in [3.63, 3.8) is 0 Å². The molecule has 1 aromatic rings. The zero-order valence-corrected chi connectivity index (χ0v) is 14.5. The average molecular weight is 335 g/mol. The van der Waals surface area contributed by atoms with Crippen molar-refractivity contribution in [2.24, 2.45) is 5.92 Å². The summed E-state index contributed by atoms with van der Waals surface area (Å²) in [6.45, 7) is 3.14. The Morgan fingerprint density at radius 1 is 1.12 bits per heavy atom. The summed E-state index contributed by atoms with van der Waals surface area (Å²) in [6, 6.07) is 5.10. The van der Waals surface area contributed by atoms with Crippen LogP contribution in [-0.4, -0.2) is 50.7 Å². The van der Waals surface area contributed by atoms with E-state index in [0.717, 1.165) is 12.8 Å². The van der Waals surface area contributed by atoms with Crippen molar-refractivity contribution in [2.45, 2.75) is 26.2 Å². The Kier molecular flexibility index (Phi) is 6.46. The van der Waals surface area contributed by atoms with Gasteiger partial charge >= 0.3 is 5.97 Å². The van der Waals surface area contributed by atoms with E-state index in [1.165, 1.54) is 0 Å². The summed E-state index contributed by atoms with van der Waals surface area (Å²) in [5.74, 6) is 1.25. The van der Waals surface area contributed by atoms with Crippen LogP contribution in [0.4, 0.5) is 0 Å². The molecular weight excluding hydrogens is 310 g/mol. The molecule has 0 radical (unpaired) electrons. The lowest BCUT2D eigenvalue weighted by Crippen LogP contribution is -2.35. The molecule has 6 nitrogen and oxygen atoms in total. The minimum atomic E-state index is -0.283. The van der Waals surface area contributed by atoms with Crippen LogP contribution in [0.15, 0.2) is 18.2 Å². The maximum absolute atomic E-state index is 12.9. The Balaban J connectivity index is 2.12. The van der Waals surface area contributed by atoms with Gasteiger partial charge in [0.15, 0.2) is 0 Å². The fourth-order valence-electron chi connectivity index (χ4n) is 2.46. The summed E-state index contributed by atoms with van der Waals surface area (Å²) in [7, 11) is 3.09. The van der Waals surface area contributed by atoms with Gasteiger partial charge in [-0.3, -0.25) is 9.59 Å². The molecule has 1 saturated carbocycles. The van der Waals surface area contributed by atoms with Crippen molar-refractivity contribution in [3.05, 3.63) is 23.8 Å². The second-order valence-electron chi connectivity index (χ2n) is 5.85. The van der Waals surface area contributed by atoms with E-state index in [0.29, 0.717) is 42.7 Å². The first-order valence-electron chi connectivity index (χ1n) is 8.25. The number of esters is 1. The van der Waals surface area contributed by atoms with Crippen molar-refractivity contribution in [1.29, 1.82) is 0 Å². The van der Waals surface area contributed by atoms with Gasteiger partial charge in [0.1, 0.15) is 11.5 Å². The van der Waals surface area contributed by atoms with E-state index in [-0.39, 0.29) is 18.3 Å². The van der Waals surface area contributed by atoms with Gasteiger partial charge in [0.25, 0.3) is 5.91 Å². The Labute approximate surface area is 142 Å². The first-order valence-corrected chi connectivity index (χ1v) is 8.25. The highest BCUT2D eigenvalue weighted by Gasteiger charge is 2.28.